The van der Waals surface area contributed by atoms with Gasteiger partial charge in [-0.1, -0.05) is 60.1 Å². The van der Waals surface area contributed by atoms with Crippen LogP contribution in [-0.4, -0.2) is 15.3 Å². The van der Waals surface area contributed by atoms with Gasteiger partial charge in [-0.2, -0.15) is 0 Å². The van der Waals surface area contributed by atoms with Crippen molar-refractivity contribution < 1.29 is 4.79 Å². The van der Waals surface area contributed by atoms with E-state index in [0.29, 0.717) is 16.5 Å². The lowest BCUT2D eigenvalue weighted by Crippen LogP contribution is -2.10. The quantitative estimate of drug-likeness (QED) is 0.493. The average molecular weight is 374 g/mol. The zero-order valence-electron chi connectivity index (χ0n) is 14.3. The molecule has 5 heteroatoms. The van der Waals surface area contributed by atoms with E-state index in [2.05, 4.69) is 10.3 Å². The van der Waals surface area contributed by atoms with Gasteiger partial charge in [0.25, 0.3) is 0 Å². The molecular weight excluding hydrogens is 358 g/mol. The Kier molecular flexibility index (Phi) is 4.73. The van der Waals surface area contributed by atoms with Gasteiger partial charge in [0, 0.05) is 22.9 Å². The first-order valence-electron chi connectivity index (χ1n) is 8.48. The number of halogens is 1. The van der Waals surface area contributed by atoms with Gasteiger partial charge in [0.05, 0.1) is 0 Å². The van der Waals surface area contributed by atoms with E-state index in [1.807, 2.05) is 83.4 Å². The number of aromatic nitrogens is 2. The molecular formula is C22H16ClN3O. The molecule has 0 aliphatic rings. The summed E-state index contributed by atoms with van der Waals surface area (Å²) in [5, 5.41) is 3.61. The number of carbonyl (C=O) groups is 1. The molecule has 27 heavy (non-hydrogen) atoms. The molecule has 2 aromatic heterocycles. The summed E-state index contributed by atoms with van der Waals surface area (Å²) in [6, 6.07) is 22.8. The van der Waals surface area contributed by atoms with Crippen LogP contribution in [0.5, 0.6) is 0 Å². The van der Waals surface area contributed by atoms with Crippen LogP contribution in [-0.2, 0) is 4.79 Å². The van der Waals surface area contributed by atoms with Gasteiger partial charge < -0.3 is 5.32 Å². The first-order valence-corrected chi connectivity index (χ1v) is 8.86. The minimum Gasteiger partial charge on any atom is -0.306 e. The van der Waals surface area contributed by atoms with E-state index in [1.165, 1.54) is 6.08 Å². The molecule has 2 aromatic carbocycles. The van der Waals surface area contributed by atoms with Gasteiger partial charge in [0.2, 0.25) is 5.91 Å². The van der Waals surface area contributed by atoms with Crippen LogP contribution in [0.3, 0.4) is 0 Å². The number of anilines is 1. The molecule has 0 radical (unpaired) electrons. The number of pyridine rings is 1. The fourth-order valence-corrected chi connectivity index (χ4v) is 2.94. The monoisotopic (exact) mass is 373 g/mol. The van der Waals surface area contributed by atoms with Crippen molar-refractivity contribution in [1.82, 2.24) is 9.38 Å². The largest absolute Gasteiger partial charge is 0.306 e. The number of benzene rings is 2. The molecule has 1 amide bonds. The Labute approximate surface area is 161 Å². The smallest absolute Gasteiger partial charge is 0.249 e. The third kappa shape index (κ3) is 3.76. The molecule has 4 rings (SSSR count). The van der Waals surface area contributed by atoms with Crippen molar-refractivity contribution in [2.24, 2.45) is 0 Å². The maximum Gasteiger partial charge on any atom is 0.249 e. The molecule has 0 atom stereocenters. The Hall–Kier alpha value is -3.37. The molecule has 0 aliphatic heterocycles. The van der Waals surface area contributed by atoms with Gasteiger partial charge in [-0.15, -0.1) is 0 Å². The van der Waals surface area contributed by atoms with Gasteiger partial charge in [-0.25, -0.2) is 4.98 Å². The average Bonchev–Trinajstić information content (AvgIpc) is 3.06. The molecule has 0 aliphatic carbocycles. The number of hydrogen-bond donors (Lipinski definition) is 1. The molecule has 0 bridgehead atoms. The van der Waals surface area contributed by atoms with Gasteiger partial charge in [-0.05, 0) is 35.9 Å². The highest BCUT2D eigenvalue weighted by Crippen LogP contribution is 2.29. The van der Waals surface area contributed by atoms with E-state index in [9.17, 15) is 4.79 Å². The Morgan fingerprint density at radius 3 is 2.48 bits per heavy atom. The minimum absolute atomic E-state index is 0.222. The number of nitrogens with one attached hydrogen (secondary N) is 1. The highest BCUT2D eigenvalue weighted by Gasteiger charge is 2.15. The van der Waals surface area contributed by atoms with Crippen LogP contribution in [0.4, 0.5) is 5.82 Å². The normalized spacial score (nSPS) is 11.1. The summed E-state index contributed by atoms with van der Waals surface area (Å²) in [4.78, 5) is 17.2. The van der Waals surface area contributed by atoms with E-state index in [0.717, 1.165) is 16.8 Å². The van der Waals surface area contributed by atoms with Gasteiger partial charge in [-0.3, -0.25) is 9.20 Å². The summed E-state index contributed by atoms with van der Waals surface area (Å²) < 4.78 is 1.86. The van der Waals surface area contributed by atoms with E-state index in [4.69, 9.17) is 11.6 Å². The van der Waals surface area contributed by atoms with Crippen molar-refractivity contribution in [3.05, 3.63) is 95.7 Å². The zero-order chi connectivity index (χ0) is 18.6. The second-order valence-corrected chi connectivity index (χ2v) is 6.41. The van der Waals surface area contributed by atoms with E-state index >= 15 is 0 Å². The molecule has 0 saturated heterocycles. The van der Waals surface area contributed by atoms with Crippen LogP contribution >= 0.6 is 11.6 Å². The third-order valence-corrected chi connectivity index (χ3v) is 4.37. The van der Waals surface area contributed by atoms with Gasteiger partial charge in [0.1, 0.15) is 17.2 Å². The van der Waals surface area contributed by atoms with Gasteiger partial charge >= 0.3 is 0 Å². The molecule has 0 saturated carbocycles. The van der Waals surface area contributed by atoms with Crippen LogP contribution < -0.4 is 5.32 Å². The molecule has 0 fully saturated rings. The lowest BCUT2D eigenvalue weighted by atomic mass is 10.1. The molecule has 132 valence electrons. The SMILES string of the molecule is O=C(/C=C/c1ccccc1)Nc1c(-c2ccc(Cl)cc2)nc2ccccn12. The Balaban J connectivity index is 1.69. The van der Waals surface area contributed by atoms with Crippen LogP contribution in [0.15, 0.2) is 85.1 Å². The van der Waals surface area contributed by atoms with Crippen molar-refractivity contribution in [2.45, 2.75) is 0 Å². The fraction of sp³-hybridized carbons (Fsp3) is 0. The first kappa shape index (κ1) is 17.1. The summed E-state index contributed by atoms with van der Waals surface area (Å²) >= 11 is 6.00. The molecule has 4 nitrogen and oxygen atoms in total. The Bertz CT molecular complexity index is 1120. The van der Waals surface area contributed by atoms with Crippen molar-refractivity contribution >= 4 is 35.0 Å². The number of imidazole rings is 1. The number of amides is 1. The highest BCUT2D eigenvalue weighted by molar-refractivity contribution is 6.30. The lowest BCUT2D eigenvalue weighted by Gasteiger charge is -2.06. The molecule has 0 unspecified atom stereocenters. The summed E-state index contributed by atoms with van der Waals surface area (Å²) in [7, 11) is 0. The topological polar surface area (TPSA) is 46.4 Å². The standard InChI is InChI=1S/C22H16ClN3O/c23-18-12-10-17(11-13-18)21-22(26-15-5-4-8-19(26)24-21)25-20(27)14-9-16-6-2-1-3-7-16/h1-15H,(H,25,27)/b14-9+. The van der Waals surface area contributed by atoms with Crippen molar-refractivity contribution in [1.29, 1.82) is 0 Å². The fourth-order valence-electron chi connectivity index (χ4n) is 2.82. The maximum atomic E-state index is 12.5. The summed E-state index contributed by atoms with van der Waals surface area (Å²) in [5.74, 6) is 0.398. The van der Waals surface area contributed by atoms with Crippen LogP contribution in [0.2, 0.25) is 5.02 Å². The van der Waals surface area contributed by atoms with Crippen LogP contribution in [0.1, 0.15) is 5.56 Å². The van der Waals surface area contributed by atoms with E-state index in [-0.39, 0.29) is 5.91 Å². The summed E-state index contributed by atoms with van der Waals surface area (Å²) in [6.07, 6.45) is 5.17. The second kappa shape index (κ2) is 7.48. The molecule has 1 N–H and O–H groups in total. The predicted octanol–water partition coefficient (Wildman–Crippen LogP) is 5.31. The molecule has 4 aromatic rings. The second-order valence-electron chi connectivity index (χ2n) is 5.98. The number of rotatable bonds is 4. The number of fused-ring (bicyclic) bond motifs is 1. The highest BCUT2D eigenvalue weighted by atomic mass is 35.5. The third-order valence-electron chi connectivity index (χ3n) is 4.12. The first-order chi connectivity index (χ1) is 13.2. The Morgan fingerprint density at radius 1 is 0.963 bits per heavy atom. The number of hydrogen-bond acceptors (Lipinski definition) is 2. The van der Waals surface area contributed by atoms with Crippen molar-refractivity contribution in [3.63, 3.8) is 0 Å². The molecule has 0 spiro atoms. The summed E-state index contributed by atoms with van der Waals surface area (Å²) in [5.41, 5.74) is 3.29. The summed E-state index contributed by atoms with van der Waals surface area (Å²) in [6.45, 7) is 0. The Morgan fingerprint density at radius 2 is 1.70 bits per heavy atom. The number of carbonyl (C=O) groups excluding carboxylic acids is 1. The van der Waals surface area contributed by atoms with Crippen LogP contribution in [0, 0.1) is 0 Å². The van der Waals surface area contributed by atoms with Crippen LogP contribution in [0.25, 0.3) is 23.0 Å². The van der Waals surface area contributed by atoms with E-state index in [1.54, 1.807) is 6.08 Å². The van der Waals surface area contributed by atoms with Crippen molar-refractivity contribution in [2.75, 3.05) is 5.32 Å². The lowest BCUT2D eigenvalue weighted by molar-refractivity contribution is -0.111. The molecule has 2 heterocycles. The maximum absolute atomic E-state index is 12.5. The zero-order valence-corrected chi connectivity index (χ0v) is 15.1. The van der Waals surface area contributed by atoms with Crippen molar-refractivity contribution in [3.8, 4) is 11.3 Å². The minimum atomic E-state index is -0.222. The van der Waals surface area contributed by atoms with Gasteiger partial charge in [0.15, 0.2) is 0 Å². The predicted molar refractivity (Wildman–Crippen MR) is 110 cm³/mol. The number of nitrogens with zero attached hydrogens (tertiary/aromatic N) is 2. The van der Waals surface area contributed by atoms with E-state index < -0.39 is 0 Å².